The van der Waals surface area contributed by atoms with E-state index in [0.717, 1.165) is 0 Å². The smallest absolute Gasteiger partial charge is 0.0700 e. The maximum atomic E-state index is 4.57. The van der Waals surface area contributed by atoms with Gasteiger partial charge in [0.05, 0.1) is 13.7 Å². The van der Waals surface area contributed by atoms with Gasteiger partial charge in [0.1, 0.15) is 0 Å². The van der Waals surface area contributed by atoms with E-state index in [1.54, 1.807) is 0 Å². The molecule has 0 rings (SSSR count). The quantitative estimate of drug-likeness (QED) is 0.488. The van der Waals surface area contributed by atoms with Crippen LogP contribution in [-0.4, -0.2) is 6.61 Å². The van der Waals surface area contributed by atoms with Crippen LogP contribution in [0.4, 0.5) is 0 Å². The lowest BCUT2D eigenvalue weighted by Gasteiger charge is -1.99. The normalized spacial score (nSPS) is 13.4. The van der Waals surface area contributed by atoms with E-state index in [1.807, 2.05) is 13.0 Å². The Bertz CT molecular complexity index is 50.1. The lowest BCUT2D eigenvalue weighted by Crippen LogP contribution is -1.96. The van der Waals surface area contributed by atoms with Crippen LogP contribution in [0, 0.1) is 13.0 Å². The summed E-state index contributed by atoms with van der Waals surface area (Å²) >= 11 is 0. The topological polar surface area (TPSA) is 9.23 Å². The molecule has 0 aromatic rings. The predicted octanol–water partition coefficient (Wildman–Crippen LogP) is 1.62. The fraction of sp³-hybridized carbons (Fsp3) is 0.500. The molecular weight excluding hydrogens is 88.1 g/mol. The van der Waals surface area contributed by atoms with Crippen molar-refractivity contribution in [2.75, 3.05) is 6.61 Å². The third-order valence-electron chi connectivity index (χ3n) is 0.783. The number of hydrogen-bond acceptors (Lipinski definition) is 1. The maximum absolute atomic E-state index is 4.57. The zero-order valence-corrected chi connectivity index (χ0v) is 4.68. The molecule has 0 aliphatic rings. The Morgan fingerprint density at radius 2 is 2.43 bits per heavy atom. The Kier molecular flexibility index (Phi) is 3.71. The Labute approximate surface area is 45.0 Å². The van der Waals surface area contributed by atoms with Crippen molar-refractivity contribution in [1.29, 1.82) is 0 Å². The van der Waals surface area contributed by atoms with E-state index in [0.29, 0.717) is 12.5 Å². The van der Waals surface area contributed by atoms with Crippen LogP contribution in [0.1, 0.15) is 6.92 Å². The minimum Gasteiger partial charge on any atom is -0.378 e. The van der Waals surface area contributed by atoms with Gasteiger partial charge in [0, 0.05) is 0 Å². The molecule has 1 radical (unpaired) electrons. The largest absolute Gasteiger partial charge is 0.378 e. The highest BCUT2D eigenvalue weighted by molar-refractivity contribution is 4.73. The van der Waals surface area contributed by atoms with Crippen molar-refractivity contribution in [3.63, 3.8) is 0 Å². The second-order valence-corrected chi connectivity index (χ2v) is 1.58. The van der Waals surface area contributed by atoms with E-state index in [9.17, 15) is 0 Å². The Hall–Kier alpha value is -0.300. The molecule has 0 saturated carbocycles. The van der Waals surface area contributed by atoms with Gasteiger partial charge in [-0.05, 0) is 5.92 Å². The molecule has 0 spiro atoms. The minimum atomic E-state index is 0.428. The van der Waals surface area contributed by atoms with Gasteiger partial charge in [-0.3, -0.25) is 0 Å². The highest BCUT2D eigenvalue weighted by atomic mass is 16.5. The zero-order valence-electron chi connectivity index (χ0n) is 4.68. The van der Waals surface area contributed by atoms with Gasteiger partial charge in [0.25, 0.3) is 0 Å². The molecule has 0 bridgehead atoms. The minimum absolute atomic E-state index is 0.428. The van der Waals surface area contributed by atoms with E-state index >= 15 is 0 Å². The molecule has 1 unspecified atom stereocenters. The van der Waals surface area contributed by atoms with Crippen molar-refractivity contribution in [3.05, 3.63) is 19.8 Å². The molecular formula is C6H11O. The first-order chi connectivity index (χ1) is 3.31. The Morgan fingerprint density at radius 3 is 2.57 bits per heavy atom. The van der Waals surface area contributed by atoms with Gasteiger partial charge in [-0.25, -0.2) is 0 Å². The number of rotatable bonds is 3. The van der Waals surface area contributed by atoms with Crippen molar-refractivity contribution in [3.8, 4) is 0 Å². The molecule has 0 aromatic carbocycles. The first kappa shape index (κ1) is 6.70. The summed E-state index contributed by atoms with van der Waals surface area (Å²) in [6.45, 7) is 6.27. The van der Waals surface area contributed by atoms with E-state index in [2.05, 4.69) is 18.4 Å². The molecule has 1 atom stereocenters. The van der Waals surface area contributed by atoms with Crippen LogP contribution in [-0.2, 0) is 4.74 Å². The summed E-state index contributed by atoms with van der Waals surface area (Å²) in [5.74, 6) is 0.428. The highest BCUT2D eigenvalue weighted by Gasteiger charge is 1.89. The van der Waals surface area contributed by atoms with E-state index in [-0.39, 0.29) is 0 Å². The van der Waals surface area contributed by atoms with Gasteiger partial charge in [-0.15, -0.1) is 6.58 Å². The van der Waals surface area contributed by atoms with Gasteiger partial charge in [0.15, 0.2) is 0 Å². The first-order valence-corrected chi connectivity index (χ1v) is 2.30. The molecule has 0 heterocycles. The van der Waals surface area contributed by atoms with Gasteiger partial charge >= 0.3 is 0 Å². The predicted molar refractivity (Wildman–Crippen MR) is 30.7 cm³/mol. The van der Waals surface area contributed by atoms with Crippen LogP contribution in [0.15, 0.2) is 12.7 Å². The van der Waals surface area contributed by atoms with Crippen molar-refractivity contribution < 1.29 is 4.74 Å². The van der Waals surface area contributed by atoms with Gasteiger partial charge in [-0.2, -0.15) is 0 Å². The van der Waals surface area contributed by atoms with Crippen LogP contribution in [0.3, 0.4) is 0 Å². The number of ether oxygens (including phenoxy) is 1. The third-order valence-corrected chi connectivity index (χ3v) is 0.783. The van der Waals surface area contributed by atoms with Crippen molar-refractivity contribution in [1.82, 2.24) is 0 Å². The summed E-state index contributed by atoms with van der Waals surface area (Å²) in [5, 5.41) is 0. The van der Waals surface area contributed by atoms with Crippen molar-refractivity contribution in [2.24, 2.45) is 5.92 Å². The Balaban J connectivity index is 2.98. The highest BCUT2D eigenvalue weighted by Crippen LogP contribution is 1.93. The molecule has 1 heteroatoms. The summed E-state index contributed by atoms with van der Waals surface area (Å²) in [4.78, 5) is 0. The molecule has 41 valence electrons. The first-order valence-electron chi connectivity index (χ1n) is 2.30. The number of hydrogen-bond donors (Lipinski definition) is 0. The summed E-state index contributed by atoms with van der Waals surface area (Å²) in [6, 6.07) is 0. The van der Waals surface area contributed by atoms with Crippen LogP contribution < -0.4 is 0 Å². The summed E-state index contributed by atoms with van der Waals surface area (Å²) < 4.78 is 4.57. The summed E-state index contributed by atoms with van der Waals surface area (Å²) in [5.41, 5.74) is 0. The average molecular weight is 99.2 g/mol. The molecule has 0 amide bonds. The van der Waals surface area contributed by atoms with E-state index < -0.39 is 0 Å². The molecule has 0 fully saturated rings. The molecule has 1 nitrogen and oxygen atoms in total. The van der Waals surface area contributed by atoms with Crippen LogP contribution in [0.25, 0.3) is 0 Å². The molecule has 0 saturated heterocycles. The Morgan fingerprint density at radius 1 is 1.86 bits per heavy atom. The second kappa shape index (κ2) is 3.88. The van der Waals surface area contributed by atoms with E-state index in [4.69, 9.17) is 0 Å². The van der Waals surface area contributed by atoms with Crippen molar-refractivity contribution in [2.45, 2.75) is 6.92 Å². The fourth-order valence-corrected chi connectivity index (χ4v) is 0.254. The van der Waals surface area contributed by atoms with Crippen LogP contribution in [0.5, 0.6) is 0 Å². The van der Waals surface area contributed by atoms with Gasteiger partial charge in [-0.1, -0.05) is 13.0 Å². The molecule has 0 aliphatic heterocycles. The van der Waals surface area contributed by atoms with Crippen LogP contribution in [0.2, 0.25) is 0 Å². The molecule has 0 aromatic heterocycles. The molecule has 0 N–H and O–H groups in total. The lowest BCUT2D eigenvalue weighted by atomic mass is 10.2. The van der Waals surface area contributed by atoms with Crippen LogP contribution >= 0.6 is 0 Å². The fourth-order valence-electron chi connectivity index (χ4n) is 0.254. The zero-order chi connectivity index (χ0) is 5.70. The molecule has 7 heavy (non-hydrogen) atoms. The van der Waals surface area contributed by atoms with Gasteiger partial charge in [0.2, 0.25) is 0 Å². The maximum Gasteiger partial charge on any atom is 0.0700 e. The monoisotopic (exact) mass is 99.1 g/mol. The SMILES string of the molecule is [CH2]OCC(C)C=C. The lowest BCUT2D eigenvalue weighted by molar-refractivity contribution is 0.216. The average Bonchev–Trinajstić information content (AvgIpc) is 1.68. The third kappa shape index (κ3) is 3.53. The van der Waals surface area contributed by atoms with E-state index in [1.165, 1.54) is 0 Å². The van der Waals surface area contributed by atoms with Gasteiger partial charge < -0.3 is 4.74 Å². The molecule has 0 aliphatic carbocycles. The summed E-state index contributed by atoms with van der Waals surface area (Å²) in [6.07, 6.45) is 1.84. The summed E-state index contributed by atoms with van der Waals surface area (Å²) in [7, 11) is 3.23. The van der Waals surface area contributed by atoms with Crippen molar-refractivity contribution >= 4 is 0 Å². The second-order valence-electron chi connectivity index (χ2n) is 1.58. The standard InChI is InChI=1S/C6H11O/c1-4-6(2)5-7-3/h4,6H,1,3,5H2,2H3.